The number of hydrogen-bond donors (Lipinski definition) is 1. The van der Waals surface area contributed by atoms with Gasteiger partial charge in [0.1, 0.15) is 17.9 Å². The molecule has 0 atom stereocenters. The van der Waals surface area contributed by atoms with Crippen LogP contribution in [0.25, 0.3) is 11.0 Å². The molecule has 0 fully saturated rings. The minimum Gasteiger partial charge on any atom is -0.489 e. The van der Waals surface area contributed by atoms with Crippen molar-refractivity contribution in [3.63, 3.8) is 0 Å². The minimum absolute atomic E-state index is 0.223. The van der Waals surface area contributed by atoms with Crippen LogP contribution in [0.5, 0.6) is 5.75 Å². The number of aryl methyl sites for hydroxylation is 1. The molecule has 0 bridgehead atoms. The number of nitrogens with two attached hydrogens (primary N) is 1. The number of benzene rings is 2. The van der Waals surface area contributed by atoms with E-state index in [2.05, 4.69) is 0 Å². The van der Waals surface area contributed by atoms with E-state index in [0.717, 1.165) is 16.5 Å². The summed E-state index contributed by atoms with van der Waals surface area (Å²) in [6.07, 6.45) is 0. The molecule has 23 heavy (non-hydrogen) atoms. The highest BCUT2D eigenvalue weighted by atomic mass is 16.5. The van der Waals surface area contributed by atoms with Gasteiger partial charge in [-0.15, -0.1) is 0 Å². The Balaban J connectivity index is 1.86. The highest BCUT2D eigenvalue weighted by Crippen LogP contribution is 2.20. The molecule has 5 nitrogen and oxygen atoms in total. The summed E-state index contributed by atoms with van der Waals surface area (Å²) in [4.78, 5) is 22.7. The Hall–Kier alpha value is -3.08. The summed E-state index contributed by atoms with van der Waals surface area (Å²) in [6.45, 7) is 2.16. The summed E-state index contributed by atoms with van der Waals surface area (Å²) < 4.78 is 10.9. The predicted octanol–water partition coefficient (Wildman–Crippen LogP) is 2.78. The summed E-state index contributed by atoms with van der Waals surface area (Å²) >= 11 is 0. The average Bonchev–Trinajstić information content (AvgIpc) is 2.52. The van der Waals surface area contributed by atoms with Crippen LogP contribution in [-0.4, -0.2) is 5.91 Å². The molecule has 0 saturated carbocycles. The molecule has 1 aromatic heterocycles. The third-order valence-electron chi connectivity index (χ3n) is 3.52. The van der Waals surface area contributed by atoms with Gasteiger partial charge in [-0.1, -0.05) is 12.1 Å². The first-order valence-electron chi connectivity index (χ1n) is 7.09. The Morgan fingerprint density at radius 2 is 1.87 bits per heavy atom. The molecular weight excluding hydrogens is 294 g/mol. The van der Waals surface area contributed by atoms with E-state index in [1.165, 1.54) is 6.07 Å². The van der Waals surface area contributed by atoms with Gasteiger partial charge in [0.25, 0.3) is 0 Å². The lowest BCUT2D eigenvalue weighted by molar-refractivity contribution is 0.1000. The topological polar surface area (TPSA) is 82.5 Å². The maximum atomic E-state index is 11.7. The highest BCUT2D eigenvalue weighted by molar-refractivity contribution is 5.92. The molecule has 0 aliphatic rings. The van der Waals surface area contributed by atoms with Crippen LogP contribution < -0.4 is 16.1 Å². The second-order valence-corrected chi connectivity index (χ2v) is 5.27. The first-order valence-corrected chi connectivity index (χ1v) is 7.09. The number of ether oxygens (including phenoxy) is 1. The molecule has 0 unspecified atom stereocenters. The molecule has 1 heterocycles. The zero-order valence-electron chi connectivity index (χ0n) is 12.5. The summed E-state index contributed by atoms with van der Waals surface area (Å²) in [5.41, 5.74) is 7.50. The van der Waals surface area contributed by atoms with E-state index < -0.39 is 11.5 Å². The fraction of sp³-hybridized carbons (Fsp3) is 0.111. The van der Waals surface area contributed by atoms with Crippen LogP contribution >= 0.6 is 0 Å². The van der Waals surface area contributed by atoms with Gasteiger partial charge in [-0.2, -0.15) is 0 Å². The molecular formula is C18H15NO4. The molecule has 1 amide bonds. The summed E-state index contributed by atoms with van der Waals surface area (Å²) in [5, 5.41) is 0.837. The van der Waals surface area contributed by atoms with Crippen molar-refractivity contribution in [1.29, 1.82) is 0 Å². The van der Waals surface area contributed by atoms with Crippen LogP contribution in [0.15, 0.2) is 57.7 Å². The lowest BCUT2D eigenvalue weighted by atomic mass is 10.1. The number of carbonyl (C=O) groups excluding carboxylic acids is 1. The Bertz CT molecular complexity index is 926. The molecule has 2 aromatic carbocycles. The zero-order valence-corrected chi connectivity index (χ0v) is 12.5. The molecule has 0 aliphatic carbocycles. The number of fused-ring (bicyclic) bond motifs is 1. The number of hydrogen-bond acceptors (Lipinski definition) is 4. The minimum atomic E-state index is -0.487. The maximum Gasteiger partial charge on any atom is 0.336 e. The van der Waals surface area contributed by atoms with Crippen molar-refractivity contribution in [1.82, 2.24) is 0 Å². The first-order chi connectivity index (χ1) is 11.0. The molecule has 0 saturated heterocycles. The smallest absolute Gasteiger partial charge is 0.336 e. The third-order valence-corrected chi connectivity index (χ3v) is 3.52. The normalized spacial score (nSPS) is 10.7. The second kappa shape index (κ2) is 5.96. The fourth-order valence-electron chi connectivity index (χ4n) is 2.33. The molecule has 0 radical (unpaired) electrons. The molecule has 0 spiro atoms. The lowest BCUT2D eigenvalue weighted by Gasteiger charge is -2.09. The van der Waals surface area contributed by atoms with Crippen molar-refractivity contribution in [2.75, 3.05) is 0 Å². The Labute approximate surface area is 132 Å². The van der Waals surface area contributed by atoms with Gasteiger partial charge in [0.15, 0.2) is 0 Å². The molecule has 3 aromatic rings. The standard InChI is InChI=1S/C18H15NO4/c1-11-2-7-15-13(9-17(20)23-16(15)8-11)10-22-14-5-3-12(4-6-14)18(19)21/h2-9H,10H2,1H3,(H2,19,21). The SMILES string of the molecule is Cc1ccc2c(COc3ccc(C(N)=O)cc3)cc(=O)oc2c1. The van der Waals surface area contributed by atoms with Crippen molar-refractivity contribution in [3.05, 3.63) is 75.6 Å². The summed E-state index contributed by atoms with van der Waals surface area (Å²) in [5.74, 6) is 0.0992. The van der Waals surface area contributed by atoms with Gasteiger partial charge in [-0.05, 0) is 42.8 Å². The predicted molar refractivity (Wildman–Crippen MR) is 86.5 cm³/mol. The first kappa shape index (κ1) is 14.8. The van der Waals surface area contributed by atoms with Crippen molar-refractivity contribution in [3.8, 4) is 5.75 Å². The zero-order chi connectivity index (χ0) is 16.4. The van der Waals surface area contributed by atoms with Crippen molar-refractivity contribution >= 4 is 16.9 Å². The van der Waals surface area contributed by atoms with E-state index in [9.17, 15) is 9.59 Å². The molecule has 2 N–H and O–H groups in total. The van der Waals surface area contributed by atoms with Crippen molar-refractivity contribution in [2.45, 2.75) is 13.5 Å². The van der Waals surface area contributed by atoms with Crippen LogP contribution in [0.3, 0.4) is 0 Å². The summed E-state index contributed by atoms with van der Waals surface area (Å²) in [7, 11) is 0. The monoisotopic (exact) mass is 309 g/mol. The maximum absolute atomic E-state index is 11.7. The number of carbonyl (C=O) groups is 1. The van der Waals surface area contributed by atoms with Gasteiger partial charge in [-0.25, -0.2) is 4.79 Å². The average molecular weight is 309 g/mol. The molecule has 3 rings (SSSR count). The van der Waals surface area contributed by atoms with Crippen LogP contribution in [0.2, 0.25) is 0 Å². The largest absolute Gasteiger partial charge is 0.489 e. The van der Waals surface area contributed by atoms with Gasteiger partial charge >= 0.3 is 5.63 Å². The van der Waals surface area contributed by atoms with Crippen LogP contribution in [0.4, 0.5) is 0 Å². The number of rotatable bonds is 4. The second-order valence-electron chi connectivity index (χ2n) is 5.27. The molecule has 116 valence electrons. The van der Waals surface area contributed by atoms with Gasteiger partial charge in [0, 0.05) is 22.6 Å². The Morgan fingerprint density at radius 3 is 2.57 bits per heavy atom. The summed E-state index contributed by atoms with van der Waals surface area (Å²) in [6, 6.07) is 13.6. The van der Waals surface area contributed by atoms with Crippen molar-refractivity contribution in [2.24, 2.45) is 5.73 Å². The fourth-order valence-corrected chi connectivity index (χ4v) is 2.33. The van der Waals surface area contributed by atoms with Gasteiger partial charge in [0.05, 0.1) is 0 Å². The van der Waals surface area contributed by atoms with E-state index in [-0.39, 0.29) is 6.61 Å². The third kappa shape index (κ3) is 3.23. The van der Waals surface area contributed by atoms with Gasteiger partial charge < -0.3 is 14.9 Å². The van der Waals surface area contributed by atoms with Crippen LogP contribution in [0, 0.1) is 6.92 Å². The van der Waals surface area contributed by atoms with Gasteiger partial charge in [-0.3, -0.25) is 4.79 Å². The number of amides is 1. The Morgan fingerprint density at radius 1 is 1.13 bits per heavy atom. The van der Waals surface area contributed by atoms with E-state index >= 15 is 0 Å². The van der Waals surface area contributed by atoms with Crippen molar-refractivity contribution < 1.29 is 13.9 Å². The highest BCUT2D eigenvalue weighted by Gasteiger charge is 2.07. The van der Waals surface area contributed by atoms with E-state index in [4.69, 9.17) is 14.9 Å². The Kier molecular flexibility index (Phi) is 3.85. The molecule has 5 heteroatoms. The lowest BCUT2D eigenvalue weighted by Crippen LogP contribution is -2.10. The van der Waals surface area contributed by atoms with E-state index in [1.54, 1.807) is 24.3 Å². The van der Waals surface area contributed by atoms with Crippen LogP contribution in [0.1, 0.15) is 21.5 Å². The van der Waals surface area contributed by atoms with Crippen LogP contribution in [-0.2, 0) is 6.61 Å². The molecule has 0 aliphatic heterocycles. The van der Waals surface area contributed by atoms with E-state index in [1.807, 2.05) is 25.1 Å². The van der Waals surface area contributed by atoms with Gasteiger partial charge in [0.2, 0.25) is 5.91 Å². The number of primary amides is 1. The van der Waals surface area contributed by atoms with E-state index in [0.29, 0.717) is 16.9 Å². The quantitative estimate of drug-likeness (QED) is 0.751.